The van der Waals surface area contributed by atoms with Gasteiger partial charge in [0, 0.05) is 5.56 Å². The van der Waals surface area contributed by atoms with Crippen molar-refractivity contribution in [3.63, 3.8) is 0 Å². The molecule has 26 heavy (non-hydrogen) atoms. The van der Waals surface area contributed by atoms with Gasteiger partial charge < -0.3 is 11.5 Å². The molecule has 0 unspecified atom stereocenters. The molecule has 0 saturated heterocycles. The Kier molecular flexibility index (Phi) is 4.50. The monoisotopic (exact) mass is 367 g/mol. The first-order valence-electron chi connectivity index (χ1n) is 7.69. The van der Waals surface area contributed by atoms with Crippen molar-refractivity contribution in [3.05, 3.63) is 72.3 Å². The minimum Gasteiger partial charge on any atom is -0.398 e. The summed E-state index contributed by atoms with van der Waals surface area (Å²) in [5.74, 6) is -0.636. The Morgan fingerprint density at radius 1 is 0.808 bits per heavy atom. The molecule has 7 heteroatoms. The van der Waals surface area contributed by atoms with E-state index in [1.54, 1.807) is 18.2 Å². The lowest BCUT2D eigenvalue weighted by Crippen LogP contribution is -2.14. The van der Waals surface area contributed by atoms with Gasteiger partial charge in [0.05, 0.1) is 16.1 Å². The number of benzene rings is 3. The third-order valence-electron chi connectivity index (χ3n) is 4.05. The number of nitrogen functional groups attached to an aromatic ring is 1. The summed E-state index contributed by atoms with van der Waals surface area (Å²) in [6.45, 7) is 0. The van der Waals surface area contributed by atoms with Crippen LogP contribution in [0.1, 0.15) is 10.4 Å². The molecule has 0 bridgehead atoms. The summed E-state index contributed by atoms with van der Waals surface area (Å²) in [5, 5.41) is 5.13. The maximum absolute atomic E-state index is 11.8. The Bertz CT molecular complexity index is 1080. The molecule has 0 aromatic heterocycles. The van der Waals surface area contributed by atoms with Gasteiger partial charge in [-0.1, -0.05) is 42.5 Å². The van der Waals surface area contributed by atoms with Crippen LogP contribution >= 0.6 is 0 Å². The van der Waals surface area contributed by atoms with Crippen LogP contribution in [0.15, 0.2) is 71.6 Å². The molecule has 0 aliphatic heterocycles. The van der Waals surface area contributed by atoms with E-state index in [1.807, 2.05) is 36.4 Å². The van der Waals surface area contributed by atoms with E-state index < -0.39 is 15.9 Å². The fourth-order valence-electron chi connectivity index (χ4n) is 2.72. The van der Waals surface area contributed by atoms with Crippen LogP contribution in [0.2, 0.25) is 0 Å². The molecular weight excluding hydrogens is 350 g/mol. The van der Waals surface area contributed by atoms with Crippen molar-refractivity contribution >= 4 is 21.6 Å². The summed E-state index contributed by atoms with van der Waals surface area (Å²) in [7, 11) is -3.79. The van der Waals surface area contributed by atoms with Crippen LogP contribution in [0.4, 0.5) is 5.69 Å². The highest BCUT2D eigenvalue weighted by atomic mass is 32.2. The molecule has 0 saturated carbocycles. The Morgan fingerprint density at radius 3 is 1.96 bits per heavy atom. The van der Waals surface area contributed by atoms with Crippen LogP contribution in [0.3, 0.4) is 0 Å². The first kappa shape index (κ1) is 17.7. The number of rotatable bonds is 4. The molecule has 3 aromatic rings. The zero-order chi connectivity index (χ0) is 18.9. The molecule has 0 spiro atoms. The van der Waals surface area contributed by atoms with Gasteiger partial charge in [0.2, 0.25) is 10.0 Å². The molecule has 0 aliphatic rings. The number of hydrogen-bond acceptors (Lipinski definition) is 4. The quantitative estimate of drug-likeness (QED) is 0.611. The van der Waals surface area contributed by atoms with E-state index in [0.717, 1.165) is 11.1 Å². The van der Waals surface area contributed by atoms with Crippen molar-refractivity contribution in [2.24, 2.45) is 10.9 Å². The van der Waals surface area contributed by atoms with Crippen molar-refractivity contribution in [2.75, 3.05) is 5.73 Å². The average molecular weight is 367 g/mol. The van der Waals surface area contributed by atoms with Gasteiger partial charge in [-0.2, -0.15) is 0 Å². The fraction of sp³-hybridized carbons (Fsp3) is 0. The average Bonchev–Trinajstić information content (AvgIpc) is 2.62. The molecule has 3 aromatic carbocycles. The Balaban J connectivity index is 2.20. The zero-order valence-corrected chi connectivity index (χ0v) is 14.5. The van der Waals surface area contributed by atoms with E-state index >= 15 is 0 Å². The second kappa shape index (κ2) is 6.62. The van der Waals surface area contributed by atoms with Gasteiger partial charge in [0.15, 0.2) is 0 Å². The van der Waals surface area contributed by atoms with Crippen LogP contribution in [0.5, 0.6) is 0 Å². The molecule has 3 rings (SSSR count). The number of carbonyl (C=O) groups is 1. The molecule has 0 heterocycles. The molecule has 1 amide bonds. The van der Waals surface area contributed by atoms with Crippen molar-refractivity contribution in [2.45, 2.75) is 4.90 Å². The minimum absolute atomic E-state index is 0.00541. The largest absolute Gasteiger partial charge is 0.398 e. The molecule has 6 N–H and O–H groups in total. The third kappa shape index (κ3) is 3.44. The highest BCUT2D eigenvalue weighted by Crippen LogP contribution is 2.34. The summed E-state index contributed by atoms with van der Waals surface area (Å²) in [4.78, 5) is 11.8. The SMILES string of the molecule is NC(=O)c1cc(-c2ccccc2)cc(-c2ccc(S(N)(=O)=O)cc2)c1N. The van der Waals surface area contributed by atoms with Gasteiger partial charge in [0.25, 0.3) is 5.91 Å². The smallest absolute Gasteiger partial charge is 0.250 e. The number of carbonyl (C=O) groups excluding carboxylic acids is 1. The van der Waals surface area contributed by atoms with E-state index in [9.17, 15) is 13.2 Å². The number of nitrogens with two attached hydrogens (primary N) is 3. The van der Waals surface area contributed by atoms with Crippen molar-refractivity contribution in [3.8, 4) is 22.3 Å². The standard InChI is InChI=1S/C19H17N3O3S/c20-18-16(13-6-8-15(9-7-13)26(22,24)25)10-14(11-17(18)19(21)23)12-4-2-1-3-5-12/h1-11H,20H2,(H2,21,23)(H2,22,24,25). The predicted molar refractivity (Wildman–Crippen MR) is 102 cm³/mol. The second-order valence-corrected chi connectivity index (χ2v) is 7.35. The van der Waals surface area contributed by atoms with Crippen molar-refractivity contribution < 1.29 is 13.2 Å². The minimum atomic E-state index is -3.79. The van der Waals surface area contributed by atoms with Crippen molar-refractivity contribution in [1.29, 1.82) is 0 Å². The zero-order valence-electron chi connectivity index (χ0n) is 13.7. The van der Waals surface area contributed by atoms with Gasteiger partial charge in [-0.25, -0.2) is 13.6 Å². The van der Waals surface area contributed by atoms with Gasteiger partial charge >= 0.3 is 0 Å². The normalized spacial score (nSPS) is 11.3. The molecule has 0 atom stereocenters. The van der Waals surface area contributed by atoms with E-state index in [2.05, 4.69) is 0 Å². The highest BCUT2D eigenvalue weighted by Gasteiger charge is 2.15. The van der Waals surface area contributed by atoms with E-state index in [4.69, 9.17) is 16.6 Å². The van der Waals surface area contributed by atoms with E-state index in [0.29, 0.717) is 11.1 Å². The van der Waals surface area contributed by atoms with Gasteiger partial charge in [-0.3, -0.25) is 4.79 Å². The summed E-state index contributed by atoms with van der Waals surface area (Å²) in [5.41, 5.74) is 15.0. The number of sulfonamides is 1. The summed E-state index contributed by atoms with van der Waals surface area (Å²) in [6.07, 6.45) is 0. The van der Waals surface area contributed by atoms with Crippen LogP contribution in [0.25, 0.3) is 22.3 Å². The molecule has 132 valence electrons. The maximum Gasteiger partial charge on any atom is 0.250 e. The Labute approximate surface area is 151 Å². The van der Waals surface area contributed by atoms with Crippen LogP contribution in [-0.4, -0.2) is 14.3 Å². The molecule has 6 nitrogen and oxygen atoms in total. The first-order chi connectivity index (χ1) is 12.3. The lowest BCUT2D eigenvalue weighted by atomic mass is 9.94. The van der Waals surface area contributed by atoms with E-state index in [-0.39, 0.29) is 16.1 Å². The van der Waals surface area contributed by atoms with Crippen LogP contribution < -0.4 is 16.6 Å². The summed E-state index contributed by atoms with van der Waals surface area (Å²) < 4.78 is 22.8. The molecule has 0 aliphatic carbocycles. The Morgan fingerprint density at radius 2 is 1.42 bits per heavy atom. The van der Waals surface area contributed by atoms with E-state index in [1.165, 1.54) is 12.1 Å². The number of primary amides is 1. The number of primary sulfonamides is 1. The Hall–Kier alpha value is -3.16. The lowest BCUT2D eigenvalue weighted by molar-refractivity contribution is 0.100. The van der Waals surface area contributed by atoms with Gasteiger partial charge in [-0.05, 0) is 41.0 Å². The van der Waals surface area contributed by atoms with Crippen LogP contribution in [-0.2, 0) is 10.0 Å². The number of amides is 1. The number of anilines is 1. The van der Waals surface area contributed by atoms with Crippen molar-refractivity contribution in [1.82, 2.24) is 0 Å². The third-order valence-corrected chi connectivity index (χ3v) is 4.98. The molecule has 0 radical (unpaired) electrons. The van der Waals surface area contributed by atoms with Gasteiger partial charge in [0.1, 0.15) is 0 Å². The first-order valence-corrected chi connectivity index (χ1v) is 9.24. The summed E-state index contributed by atoms with van der Waals surface area (Å²) in [6, 6.07) is 18.9. The molecular formula is C19H17N3O3S. The maximum atomic E-state index is 11.8. The van der Waals surface area contributed by atoms with Gasteiger partial charge in [-0.15, -0.1) is 0 Å². The predicted octanol–water partition coefficient (Wildman–Crippen LogP) is 2.35. The topological polar surface area (TPSA) is 129 Å². The molecule has 0 fully saturated rings. The van der Waals surface area contributed by atoms with Crippen LogP contribution in [0, 0.1) is 0 Å². The summed E-state index contributed by atoms with van der Waals surface area (Å²) >= 11 is 0. The lowest BCUT2D eigenvalue weighted by Gasteiger charge is -2.13. The highest BCUT2D eigenvalue weighted by molar-refractivity contribution is 7.89. The number of hydrogen-bond donors (Lipinski definition) is 3. The second-order valence-electron chi connectivity index (χ2n) is 5.78. The fourth-order valence-corrected chi connectivity index (χ4v) is 3.23.